The quantitative estimate of drug-likeness (QED) is 0.413. The Kier molecular flexibility index (Phi) is 4.90. The van der Waals surface area contributed by atoms with Gasteiger partial charge >= 0.3 is 6.18 Å². The molecule has 0 spiro atoms. The van der Waals surface area contributed by atoms with Crippen LogP contribution < -0.4 is 11.1 Å². The summed E-state index contributed by atoms with van der Waals surface area (Å²) < 4.78 is 39.9. The topological polar surface area (TPSA) is 137 Å². The van der Waals surface area contributed by atoms with E-state index in [4.69, 9.17) is 17.3 Å². The largest absolute Gasteiger partial charge is 0.389 e. The van der Waals surface area contributed by atoms with Crippen molar-refractivity contribution >= 4 is 34.8 Å². The third kappa shape index (κ3) is 3.53. The highest BCUT2D eigenvalue weighted by Crippen LogP contribution is 2.57. The summed E-state index contributed by atoms with van der Waals surface area (Å²) in [6.45, 7) is 0. The van der Waals surface area contributed by atoms with Crippen molar-refractivity contribution in [2.45, 2.75) is 37.3 Å². The molecule has 0 saturated heterocycles. The van der Waals surface area contributed by atoms with Gasteiger partial charge in [0.2, 0.25) is 5.91 Å². The van der Waals surface area contributed by atoms with Gasteiger partial charge in [0.1, 0.15) is 29.1 Å². The molecule has 0 aromatic carbocycles. The zero-order chi connectivity index (χ0) is 25.2. The predicted octanol–water partition coefficient (Wildman–Crippen LogP) is 3.36. The summed E-state index contributed by atoms with van der Waals surface area (Å²) in [5.74, 6) is -0.0630. The zero-order valence-electron chi connectivity index (χ0n) is 18.4. The summed E-state index contributed by atoms with van der Waals surface area (Å²) in [7, 11) is 0. The monoisotopic (exact) mass is 515 g/mol. The molecular weight excluding hydrogens is 499 g/mol. The molecule has 1 aliphatic heterocycles. The molecule has 4 aromatic rings. The Balaban J connectivity index is 1.47. The van der Waals surface area contributed by atoms with E-state index in [1.807, 2.05) is 0 Å². The Hall–Kier alpha value is -3.87. The third-order valence-electron chi connectivity index (χ3n) is 6.45. The first-order valence-corrected chi connectivity index (χ1v) is 11.4. The maximum atomic E-state index is 13.4. The van der Waals surface area contributed by atoms with Gasteiger partial charge in [-0.1, -0.05) is 11.6 Å². The molecule has 3 N–H and O–H groups in total. The molecule has 1 unspecified atom stereocenters. The molecule has 1 amide bonds. The average molecular weight is 516 g/mol. The number of hydrogen-bond donors (Lipinski definition) is 2. The van der Waals surface area contributed by atoms with Gasteiger partial charge in [-0.2, -0.15) is 18.3 Å². The van der Waals surface area contributed by atoms with Crippen LogP contribution in [0.15, 0.2) is 30.9 Å². The lowest BCUT2D eigenvalue weighted by molar-refractivity contribution is -0.134. The van der Waals surface area contributed by atoms with Crippen LogP contribution in [-0.4, -0.2) is 46.6 Å². The fraction of sp³-hybridized carbons (Fsp3) is 0.318. The number of nitrogens with two attached hydrogens (primary N) is 1. The van der Waals surface area contributed by atoms with Gasteiger partial charge in [-0.15, -0.1) is 0 Å². The van der Waals surface area contributed by atoms with Crippen LogP contribution in [0.4, 0.5) is 24.8 Å². The SMILES string of the molecule is Nc1nc(-c2cn3ncnc3c(CCC(F)(F)F)n2)nc2c1C(c1ccc(Cl)cn1)(C1CC1)C(=O)N2. The van der Waals surface area contributed by atoms with E-state index < -0.39 is 24.4 Å². The Labute approximate surface area is 206 Å². The fourth-order valence-electron chi connectivity index (χ4n) is 4.79. The van der Waals surface area contributed by atoms with Crippen molar-refractivity contribution in [3.63, 3.8) is 0 Å². The average Bonchev–Trinajstić information content (AvgIpc) is 3.47. The Morgan fingerprint density at radius 2 is 2.00 bits per heavy atom. The predicted molar refractivity (Wildman–Crippen MR) is 122 cm³/mol. The summed E-state index contributed by atoms with van der Waals surface area (Å²) in [5.41, 5.74) is 6.60. The molecule has 1 fully saturated rings. The number of rotatable bonds is 5. The maximum absolute atomic E-state index is 13.4. The standard InChI is InChI=1S/C22H17ClF3N9O/c23-11-3-4-14(28-7-11)22(10-1-2-10)15-16(27)32-17(33-18(15)34-20(22)36)13-8-35-19(29-9-30-35)12(31-13)5-6-21(24,25)26/h3-4,7-10H,1-2,5-6H2,(H3,27,32,33,34,36). The van der Waals surface area contributed by atoms with Crippen molar-refractivity contribution in [2.75, 3.05) is 11.1 Å². The number of hydrogen-bond acceptors (Lipinski definition) is 8. The van der Waals surface area contributed by atoms with Crippen LogP contribution in [0, 0.1) is 5.92 Å². The van der Waals surface area contributed by atoms with Crippen LogP contribution in [0.1, 0.15) is 36.2 Å². The lowest BCUT2D eigenvalue weighted by Gasteiger charge is -2.27. The second kappa shape index (κ2) is 7.82. The van der Waals surface area contributed by atoms with Crippen molar-refractivity contribution in [1.29, 1.82) is 0 Å². The van der Waals surface area contributed by atoms with Gasteiger partial charge in [-0.3, -0.25) is 9.78 Å². The minimum absolute atomic E-state index is 0.0351. The van der Waals surface area contributed by atoms with Gasteiger partial charge in [0, 0.05) is 19.0 Å². The Morgan fingerprint density at radius 1 is 1.19 bits per heavy atom. The minimum Gasteiger partial charge on any atom is -0.383 e. The molecule has 5 heterocycles. The number of fused-ring (bicyclic) bond motifs is 2. The summed E-state index contributed by atoms with van der Waals surface area (Å²) in [6.07, 6.45) is -0.105. The normalized spacial score (nSPS) is 19.5. The third-order valence-corrected chi connectivity index (χ3v) is 6.67. The number of amides is 1. The smallest absolute Gasteiger partial charge is 0.383 e. The number of aromatic nitrogens is 7. The first-order chi connectivity index (χ1) is 17.2. The molecule has 36 heavy (non-hydrogen) atoms. The van der Waals surface area contributed by atoms with Crippen LogP contribution in [0.2, 0.25) is 5.02 Å². The van der Waals surface area contributed by atoms with Gasteiger partial charge in [-0.25, -0.2) is 24.5 Å². The summed E-state index contributed by atoms with van der Waals surface area (Å²) in [4.78, 5) is 35.1. The van der Waals surface area contributed by atoms with Crippen molar-refractivity contribution in [3.05, 3.63) is 52.8 Å². The summed E-state index contributed by atoms with van der Waals surface area (Å²) in [6, 6.07) is 3.35. The molecule has 1 saturated carbocycles. The molecule has 0 radical (unpaired) electrons. The highest BCUT2D eigenvalue weighted by Gasteiger charge is 2.60. The number of anilines is 2. The number of alkyl halides is 3. The number of halogens is 4. The van der Waals surface area contributed by atoms with Crippen molar-refractivity contribution in [3.8, 4) is 11.5 Å². The molecule has 14 heteroatoms. The summed E-state index contributed by atoms with van der Waals surface area (Å²) >= 11 is 6.02. The first kappa shape index (κ1) is 22.6. The van der Waals surface area contributed by atoms with E-state index >= 15 is 0 Å². The molecule has 184 valence electrons. The van der Waals surface area contributed by atoms with Crippen molar-refractivity contribution < 1.29 is 18.0 Å². The molecule has 1 atom stereocenters. The van der Waals surface area contributed by atoms with E-state index in [1.165, 1.54) is 23.2 Å². The Morgan fingerprint density at radius 3 is 2.69 bits per heavy atom. The maximum Gasteiger partial charge on any atom is 0.389 e. The van der Waals surface area contributed by atoms with Crippen LogP contribution in [-0.2, 0) is 16.6 Å². The van der Waals surface area contributed by atoms with E-state index in [-0.39, 0.29) is 46.3 Å². The van der Waals surface area contributed by atoms with E-state index in [9.17, 15) is 18.0 Å². The van der Waals surface area contributed by atoms with Crippen molar-refractivity contribution in [2.24, 2.45) is 5.92 Å². The van der Waals surface area contributed by atoms with Gasteiger partial charge in [0.15, 0.2) is 11.5 Å². The number of nitrogens with one attached hydrogen (secondary N) is 1. The van der Waals surface area contributed by atoms with Crippen LogP contribution in [0.3, 0.4) is 0 Å². The number of carbonyl (C=O) groups excluding carboxylic acids is 1. The molecule has 2 aliphatic rings. The van der Waals surface area contributed by atoms with E-state index in [1.54, 1.807) is 12.1 Å². The molecule has 1 aliphatic carbocycles. The van der Waals surface area contributed by atoms with Gasteiger partial charge in [0.05, 0.1) is 28.2 Å². The molecular formula is C22H17ClF3N9O. The highest BCUT2D eigenvalue weighted by molar-refractivity contribution is 6.30. The minimum atomic E-state index is -4.37. The number of nitrogens with zero attached hydrogens (tertiary/aromatic N) is 7. The number of carbonyl (C=O) groups is 1. The van der Waals surface area contributed by atoms with Crippen molar-refractivity contribution in [1.82, 2.24) is 34.5 Å². The van der Waals surface area contributed by atoms with E-state index in [0.29, 0.717) is 16.3 Å². The van der Waals surface area contributed by atoms with E-state index in [2.05, 4.69) is 35.3 Å². The second-order valence-electron chi connectivity index (χ2n) is 8.77. The highest BCUT2D eigenvalue weighted by atomic mass is 35.5. The summed E-state index contributed by atoms with van der Waals surface area (Å²) in [5, 5.41) is 7.27. The number of aryl methyl sites for hydroxylation is 1. The van der Waals surface area contributed by atoms with Crippen LogP contribution in [0.25, 0.3) is 17.2 Å². The fourth-order valence-corrected chi connectivity index (χ4v) is 4.90. The Bertz CT molecular complexity index is 1520. The van der Waals surface area contributed by atoms with Gasteiger partial charge in [0.25, 0.3) is 0 Å². The van der Waals surface area contributed by atoms with Crippen LogP contribution >= 0.6 is 11.6 Å². The molecule has 0 bridgehead atoms. The second-order valence-corrected chi connectivity index (χ2v) is 9.21. The zero-order valence-corrected chi connectivity index (χ0v) is 19.2. The lowest BCUT2D eigenvalue weighted by Crippen LogP contribution is -2.39. The first-order valence-electron chi connectivity index (χ1n) is 11.0. The molecule has 6 rings (SSSR count). The van der Waals surface area contributed by atoms with Gasteiger partial charge in [-0.05, 0) is 30.9 Å². The van der Waals surface area contributed by atoms with Crippen LogP contribution in [0.5, 0.6) is 0 Å². The molecule has 4 aromatic heterocycles. The van der Waals surface area contributed by atoms with Gasteiger partial charge < -0.3 is 11.1 Å². The molecule has 10 nitrogen and oxygen atoms in total. The number of nitrogen functional groups attached to an aromatic ring is 1. The lowest BCUT2D eigenvalue weighted by atomic mass is 9.74. The van der Waals surface area contributed by atoms with E-state index in [0.717, 1.165) is 12.8 Å². The number of pyridine rings is 1.